The van der Waals surface area contributed by atoms with E-state index in [1.54, 1.807) is 0 Å². The predicted octanol–water partition coefficient (Wildman–Crippen LogP) is 1.27. The van der Waals surface area contributed by atoms with Gasteiger partial charge in [-0.15, -0.1) is 0 Å². The van der Waals surface area contributed by atoms with Crippen molar-refractivity contribution in [3.63, 3.8) is 0 Å². The van der Waals surface area contributed by atoms with Crippen LogP contribution in [0.4, 0.5) is 0 Å². The van der Waals surface area contributed by atoms with Crippen LogP contribution in [-0.4, -0.2) is 29.6 Å². The van der Waals surface area contributed by atoms with Crippen molar-refractivity contribution in [2.24, 2.45) is 11.7 Å². The Kier molecular flexibility index (Phi) is 6.72. The molecule has 5 heteroatoms. The van der Waals surface area contributed by atoms with E-state index in [1.165, 1.54) is 0 Å². The number of hydrogen-bond acceptors (Lipinski definition) is 3. The van der Waals surface area contributed by atoms with Crippen LogP contribution in [0.25, 0.3) is 0 Å². The predicted molar refractivity (Wildman–Crippen MR) is 69.0 cm³/mol. The average molecular weight is 256 g/mol. The Bertz CT molecular complexity index is 281. The Balaban J connectivity index is 1.94. The van der Waals surface area contributed by atoms with Crippen molar-refractivity contribution in [3.05, 3.63) is 0 Å². The summed E-state index contributed by atoms with van der Waals surface area (Å²) in [5, 5.41) is 11.4. The smallest absolute Gasteiger partial charge is 0.303 e. The van der Waals surface area contributed by atoms with Crippen LogP contribution in [0, 0.1) is 5.92 Å². The molecule has 18 heavy (non-hydrogen) atoms. The third kappa shape index (κ3) is 6.00. The lowest BCUT2D eigenvalue weighted by atomic mass is 10.1. The molecule has 0 aromatic rings. The van der Waals surface area contributed by atoms with Crippen molar-refractivity contribution >= 4 is 11.9 Å². The lowest BCUT2D eigenvalue weighted by Gasteiger charge is -2.10. The minimum absolute atomic E-state index is 0.104. The monoisotopic (exact) mass is 256 g/mol. The molecule has 0 saturated heterocycles. The van der Waals surface area contributed by atoms with Gasteiger partial charge in [0.05, 0.1) is 0 Å². The van der Waals surface area contributed by atoms with Gasteiger partial charge < -0.3 is 16.2 Å². The van der Waals surface area contributed by atoms with E-state index in [4.69, 9.17) is 10.8 Å². The molecule has 0 heterocycles. The topological polar surface area (TPSA) is 92.4 Å². The lowest BCUT2D eigenvalue weighted by Crippen LogP contribution is -2.31. The van der Waals surface area contributed by atoms with Crippen LogP contribution in [0.15, 0.2) is 0 Å². The highest BCUT2D eigenvalue weighted by molar-refractivity contribution is 5.78. The van der Waals surface area contributed by atoms with Crippen LogP contribution < -0.4 is 11.1 Å². The van der Waals surface area contributed by atoms with Crippen molar-refractivity contribution in [3.8, 4) is 0 Å². The van der Waals surface area contributed by atoms with Gasteiger partial charge in [0, 0.05) is 24.9 Å². The summed E-state index contributed by atoms with van der Waals surface area (Å²) in [5.74, 6) is -0.499. The molecule has 0 aromatic carbocycles. The van der Waals surface area contributed by atoms with E-state index in [0.717, 1.165) is 44.9 Å². The molecule has 2 atom stereocenters. The van der Waals surface area contributed by atoms with Crippen LogP contribution in [-0.2, 0) is 9.59 Å². The molecule has 1 fully saturated rings. The molecule has 5 nitrogen and oxygen atoms in total. The van der Waals surface area contributed by atoms with E-state index < -0.39 is 5.97 Å². The van der Waals surface area contributed by atoms with Gasteiger partial charge in [0.1, 0.15) is 0 Å². The lowest BCUT2D eigenvalue weighted by molar-refractivity contribution is -0.137. The molecule has 2 unspecified atom stereocenters. The number of carbonyl (C=O) groups is 2. The van der Waals surface area contributed by atoms with Gasteiger partial charge in [-0.25, -0.2) is 0 Å². The fourth-order valence-corrected chi connectivity index (χ4v) is 2.37. The normalized spacial score (nSPS) is 22.9. The Morgan fingerprint density at radius 1 is 1.17 bits per heavy atom. The molecular formula is C13H24N2O3. The summed E-state index contributed by atoms with van der Waals surface area (Å²) in [6.07, 6.45) is 6.44. The summed E-state index contributed by atoms with van der Waals surface area (Å²) in [4.78, 5) is 22.0. The molecule has 0 spiro atoms. The molecule has 1 saturated carbocycles. The second kappa shape index (κ2) is 8.08. The third-order valence-electron chi connectivity index (χ3n) is 3.46. The fourth-order valence-electron chi connectivity index (χ4n) is 2.37. The number of nitrogens with two attached hydrogens (primary N) is 1. The quantitative estimate of drug-likeness (QED) is 0.570. The van der Waals surface area contributed by atoms with Gasteiger partial charge in [-0.2, -0.15) is 0 Å². The van der Waals surface area contributed by atoms with Crippen molar-refractivity contribution in [1.29, 1.82) is 0 Å². The van der Waals surface area contributed by atoms with E-state index in [1.807, 2.05) is 0 Å². The molecule has 1 amide bonds. The van der Waals surface area contributed by atoms with Crippen LogP contribution in [0.1, 0.15) is 51.4 Å². The molecule has 1 aliphatic rings. The standard InChI is InChI=1S/C13H24N2O3/c14-11-7-6-10(9-11)13(18)15-8-4-2-1-3-5-12(16)17/h10-11H,1-9,14H2,(H,15,18)(H,16,17). The molecule has 1 aliphatic carbocycles. The summed E-state index contributed by atoms with van der Waals surface area (Å²) in [6, 6.07) is 0.191. The number of carbonyl (C=O) groups excluding carboxylic acids is 1. The van der Waals surface area contributed by atoms with Crippen LogP contribution in [0.5, 0.6) is 0 Å². The zero-order chi connectivity index (χ0) is 13.4. The number of amides is 1. The zero-order valence-electron chi connectivity index (χ0n) is 10.9. The van der Waals surface area contributed by atoms with E-state index in [2.05, 4.69) is 5.32 Å². The van der Waals surface area contributed by atoms with Crippen molar-refractivity contribution in [1.82, 2.24) is 5.32 Å². The van der Waals surface area contributed by atoms with Crippen LogP contribution in [0.3, 0.4) is 0 Å². The van der Waals surface area contributed by atoms with Gasteiger partial charge in [0.25, 0.3) is 0 Å². The molecule has 0 aliphatic heterocycles. The second-order valence-electron chi connectivity index (χ2n) is 5.12. The average Bonchev–Trinajstić information content (AvgIpc) is 2.74. The Morgan fingerprint density at radius 3 is 2.50 bits per heavy atom. The summed E-state index contributed by atoms with van der Waals surface area (Å²) in [6.45, 7) is 0.692. The first kappa shape index (κ1) is 15.0. The van der Waals surface area contributed by atoms with E-state index in [0.29, 0.717) is 6.54 Å². The van der Waals surface area contributed by atoms with Gasteiger partial charge >= 0.3 is 5.97 Å². The van der Waals surface area contributed by atoms with Crippen molar-refractivity contribution in [2.45, 2.75) is 57.4 Å². The Hall–Kier alpha value is -1.10. The zero-order valence-corrected chi connectivity index (χ0v) is 10.9. The fraction of sp³-hybridized carbons (Fsp3) is 0.846. The van der Waals surface area contributed by atoms with E-state index >= 15 is 0 Å². The number of unbranched alkanes of at least 4 members (excludes halogenated alkanes) is 3. The highest BCUT2D eigenvalue weighted by Gasteiger charge is 2.27. The molecule has 0 radical (unpaired) electrons. The van der Waals surface area contributed by atoms with Gasteiger partial charge in [0.2, 0.25) is 5.91 Å². The summed E-state index contributed by atoms with van der Waals surface area (Å²) in [5.41, 5.74) is 5.77. The van der Waals surface area contributed by atoms with Crippen LogP contribution in [0.2, 0.25) is 0 Å². The maximum Gasteiger partial charge on any atom is 0.303 e. The largest absolute Gasteiger partial charge is 0.481 e. The molecule has 0 aromatic heterocycles. The number of hydrogen-bond donors (Lipinski definition) is 3. The van der Waals surface area contributed by atoms with Gasteiger partial charge in [-0.1, -0.05) is 12.8 Å². The first-order valence-corrected chi connectivity index (χ1v) is 6.84. The summed E-state index contributed by atoms with van der Waals surface area (Å²) in [7, 11) is 0. The minimum Gasteiger partial charge on any atom is -0.481 e. The van der Waals surface area contributed by atoms with Crippen molar-refractivity contribution in [2.75, 3.05) is 6.54 Å². The van der Waals surface area contributed by atoms with E-state index in [9.17, 15) is 9.59 Å². The number of carboxylic acids is 1. The number of nitrogens with one attached hydrogen (secondary N) is 1. The SMILES string of the molecule is NC1CCC(C(=O)NCCCCCCC(=O)O)C1. The maximum absolute atomic E-state index is 11.7. The highest BCUT2D eigenvalue weighted by atomic mass is 16.4. The first-order valence-electron chi connectivity index (χ1n) is 6.84. The summed E-state index contributed by atoms with van der Waals surface area (Å²) < 4.78 is 0. The number of aliphatic carboxylic acids is 1. The first-order chi connectivity index (χ1) is 8.59. The maximum atomic E-state index is 11.7. The number of rotatable bonds is 8. The molecule has 0 bridgehead atoms. The minimum atomic E-state index is -0.735. The number of carboxylic acid groups (broad SMARTS) is 1. The summed E-state index contributed by atoms with van der Waals surface area (Å²) >= 11 is 0. The highest BCUT2D eigenvalue weighted by Crippen LogP contribution is 2.23. The van der Waals surface area contributed by atoms with Gasteiger partial charge in [-0.05, 0) is 32.1 Å². The van der Waals surface area contributed by atoms with Crippen molar-refractivity contribution < 1.29 is 14.7 Å². The molecular weight excluding hydrogens is 232 g/mol. The molecule has 1 rings (SSSR count). The molecule has 4 N–H and O–H groups in total. The van der Waals surface area contributed by atoms with Gasteiger partial charge in [0.15, 0.2) is 0 Å². The second-order valence-corrected chi connectivity index (χ2v) is 5.12. The Morgan fingerprint density at radius 2 is 1.89 bits per heavy atom. The third-order valence-corrected chi connectivity index (χ3v) is 3.46. The van der Waals surface area contributed by atoms with Gasteiger partial charge in [-0.3, -0.25) is 9.59 Å². The Labute approximate surface area is 108 Å². The molecule has 104 valence electrons. The van der Waals surface area contributed by atoms with E-state index in [-0.39, 0.29) is 24.3 Å². The van der Waals surface area contributed by atoms with Crippen LogP contribution >= 0.6 is 0 Å².